The zero-order valence-corrected chi connectivity index (χ0v) is 24.5. The van der Waals surface area contributed by atoms with Crippen molar-refractivity contribution >= 4 is 5.97 Å². The van der Waals surface area contributed by atoms with Gasteiger partial charge in [-0.2, -0.15) is 0 Å². The largest absolute Gasteiger partial charge is 0.466 e. The van der Waals surface area contributed by atoms with E-state index in [1.54, 1.807) is 0 Å². The first kappa shape index (κ1) is 34.2. The van der Waals surface area contributed by atoms with E-state index in [0.717, 1.165) is 25.2 Å². The molecule has 0 aromatic rings. The highest BCUT2D eigenvalue weighted by Crippen LogP contribution is 2.22. The highest BCUT2D eigenvalue weighted by Gasteiger charge is 2.09. The second-order valence-electron chi connectivity index (χ2n) is 10.9. The van der Waals surface area contributed by atoms with Crippen molar-refractivity contribution in [2.75, 3.05) is 27.2 Å². The van der Waals surface area contributed by atoms with Gasteiger partial charge < -0.3 is 9.64 Å². The molecule has 0 rings (SSSR count). The first-order valence-electron chi connectivity index (χ1n) is 15.5. The number of unbranched alkanes of at least 4 members (excludes halogenated alkanes) is 15. The molecule has 0 saturated heterocycles. The van der Waals surface area contributed by atoms with Gasteiger partial charge in [0.05, 0.1) is 6.61 Å². The second-order valence-corrected chi connectivity index (χ2v) is 10.9. The van der Waals surface area contributed by atoms with Gasteiger partial charge in [-0.3, -0.25) is 4.79 Å². The summed E-state index contributed by atoms with van der Waals surface area (Å²) in [7, 11) is 4.43. The van der Waals surface area contributed by atoms with E-state index < -0.39 is 0 Å². The normalized spacial score (nSPS) is 12.6. The highest BCUT2D eigenvalue weighted by molar-refractivity contribution is 5.69. The van der Waals surface area contributed by atoms with Crippen LogP contribution >= 0.6 is 0 Å². The van der Waals surface area contributed by atoms with Crippen LogP contribution in [0.1, 0.15) is 155 Å². The monoisotopic (exact) mass is 493 g/mol. The van der Waals surface area contributed by atoms with E-state index in [2.05, 4.69) is 38.1 Å². The summed E-state index contributed by atoms with van der Waals surface area (Å²) in [6.07, 6.45) is 33.6. The van der Waals surface area contributed by atoms with E-state index >= 15 is 0 Å². The predicted molar refractivity (Wildman–Crippen MR) is 155 cm³/mol. The van der Waals surface area contributed by atoms with Crippen molar-refractivity contribution in [1.82, 2.24) is 4.90 Å². The van der Waals surface area contributed by atoms with Crippen LogP contribution in [-0.2, 0) is 9.53 Å². The Morgan fingerprint density at radius 2 is 1.14 bits per heavy atom. The number of carbonyl (C=O) groups is 1. The summed E-state index contributed by atoms with van der Waals surface area (Å²) in [5.74, 6) is 0.902. The van der Waals surface area contributed by atoms with Crippen molar-refractivity contribution in [2.24, 2.45) is 5.92 Å². The smallest absolute Gasteiger partial charge is 0.305 e. The summed E-state index contributed by atoms with van der Waals surface area (Å²) < 4.78 is 4.96. The van der Waals surface area contributed by atoms with E-state index in [4.69, 9.17) is 4.74 Å². The minimum Gasteiger partial charge on any atom is -0.466 e. The average Bonchev–Trinajstić information content (AvgIpc) is 2.83. The second kappa shape index (κ2) is 27.8. The fraction of sp³-hybridized carbons (Fsp3) is 0.906. The van der Waals surface area contributed by atoms with E-state index in [9.17, 15) is 4.79 Å². The van der Waals surface area contributed by atoms with Gasteiger partial charge >= 0.3 is 5.97 Å². The van der Waals surface area contributed by atoms with Crippen LogP contribution < -0.4 is 0 Å². The summed E-state index contributed by atoms with van der Waals surface area (Å²) in [6, 6.07) is 0. The van der Waals surface area contributed by atoms with Crippen molar-refractivity contribution in [3.05, 3.63) is 12.2 Å². The van der Waals surface area contributed by atoms with Crippen LogP contribution in [0.4, 0.5) is 0 Å². The Balaban J connectivity index is 3.61. The maximum absolute atomic E-state index is 11.3. The summed E-state index contributed by atoms with van der Waals surface area (Å²) in [5.41, 5.74) is 0. The maximum atomic E-state index is 11.3. The topological polar surface area (TPSA) is 29.5 Å². The number of ether oxygens (including phenoxy) is 1. The molecule has 0 N–H and O–H groups in total. The Morgan fingerprint density at radius 3 is 1.66 bits per heavy atom. The molecule has 0 aromatic heterocycles. The van der Waals surface area contributed by atoms with Crippen LogP contribution in [0.25, 0.3) is 0 Å². The van der Waals surface area contributed by atoms with Gasteiger partial charge in [0.25, 0.3) is 0 Å². The summed E-state index contributed by atoms with van der Waals surface area (Å²) >= 11 is 0. The molecule has 1 unspecified atom stereocenters. The third-order valence-corrected chi connectivity index (χ3v) is 7.16. The molecule has 3 nitrogen and oxygen atoms in total. The molecule has 0 bridgehead atoms. The molecule has 208 valence electrons. The maximum Gasteiger partial charge on any atom is 0.305 e. The Bertz CT molecular complexity index is 460. The summed E-state index contributed by atoms with van der Waals surface area (Å²) in [4.78, 5) is 13.6. The zero-order chi connectivity index (χ0) is 25.8. The average molecular weight is 494 g/mol. The molecule has 0 aromatic carbocycles. The number of carbonyl (C=O) groups excluding carboxylic acids is 1. The van der Waals surface area contributed by atoms with E-state index in [0.29, 0.717) is 13.0 Å². The Labute approximate surface area is 220 Å². The molecule has 0 fully saturated rings. The number of hydrogen-bond acceptors (Lipinski definition) is 3. The van der Waals surface area contributed by atoms with Crippen LogP contribution in [-0.4, -0.2) is 38.1 Å². The first-order valence-corrected chi connectivity index (χ1v) is 15.5. The minimum absolute atomic E-state index is 0.0457. The lowest BCUT2D eigenvalue weighted by Gasteiger charge is -2.19. The van der Waals surface area contributed by atoms with Gasteiger partial charge in [-0.25, -0.2) is 0 Å². The lowest BCUT2D eigenvalue weighted by atomic mass is 9.91. The molecular formula is C32H63NO2. The molecule has 0 heterocycles. The molecule has 3 heteroatoms. The molecule has 0 aliphatic carbocycles. The van der Waals surface area contributed by atoms with Gasteiger partial charge in [-0.1, -0.05) is 115 Å². The Morgan fingerprint density at radius 1 is 0.657 bits per heavy atom. The van der Waals surface area contributed by atoms with Gasteiger partial charge in [0.15, 0.2) is 0 Å². The molecule has 0 aliphatic rings. The lowest BCUT2D eigenvalue weighted by molar-refractivity contribution is -0.143. The van der Waals surface area contributed by atoms with Crippen molar-refractivity contribution in [2.45, 2.75) is 155 Å². The van der Waals surface area contributed by atoms with Crippen molar-refractivity contribution in [1.29, 1.82) is 0 Å². The minimum atomic E-state index is -0.0457. The molecule has 1 atom stereocenters. The first-order chi connectivity index (χ1) is 17.1. The summed E-state index contributed by atoms with van der Waals surface area (Å²) in [5, 5.41) is 0. The van der Waals surface area contributed by atoms with Crippen LogP contribution in [0.3, 0.4) is 0 Å². The van der Waals surface area contributed by atoms with Crippen molar-refractivity contribution < 1.29 is 9.53 Å². The molecule has 0 radical (unpaired) electrons. The Kier molecular flexibility index (Phi) is 27.1. The van der Waals surface area contributed by atoms with Gasteiger partial charge in [0, 0.05) is 6.42 Å². The number of hydrogen-bond donors (Lipinski definition) is 0. The number of nitrogens with zero attached hydrogens (tertiary/aromatic N) is 1. The van der Waals surface area contributed by atoms with Gasteiger partial charge in [-0.05, 0) is 72.0 Å². The standard InChI is InChI=1S/C32H63NO2/c1-5-7-8-9-17-20-23-26-31(29-30-33(3)4)27-24-21-18-15-13-11-10-12-14-16-19-22-25-28-32(34)35-6-2/h12,14,31H,5-11,13,15-30H2,1-4H3/b14-12-. The van der Waals surface area contributed by atoms with Gasteiger partial charge in [-0.15, -0.1) is 0 Å². The number of rotatable bonds is 27. The third-order valence-electron chi connectivity index (χ3n) is 7.16. The molecule has 0 amide bonds. The molecule has 0 spiro atoms. The molecule has 35 heavy (non-hydrogen) atoms. The van der Waals surface area contributed by atoms with E-state index in [-0.39, 0.29) is 5.97 Å². The van der Waals surface area contributed by atoms with Crippen molar-refractivity contribution in [3.63, 3.8) is 0 Å². The van der Waals surface area contributed by atoms with Crippen molar-refractivity contribution in [3.8, 4) is 0 Å². The Hall–Kier alpha value is -0.830. The quantitative estimate of drug-likeness (QED) is 0.0647. The van der Waals surface area contributed by atoms with Crippen LogP contribution in [0.5, 0.6) is 0 Å². The SMILES string of the molecule is CCCCCCCCCC(CCCCCCCC/C=C\CCCCCC(=O)OCC)CCN(C)C. The van der Waals surface area contributed by atoms with Crippen LogP contribution in [0.2, 0.25) is 0 Å². The highest BCUT2D eigenvalue weighted by atomic mass is 16.5. The zero-order valence-electron chi connectivity index (χ0n) is 24.5. The number of allylic oxidation sites excluding steroid dienone is 2. The fourth-order valence-electron chi connectivity index (χ4n) is 4.84. The van der Waals surface area contributed by atoms with Gasteiger partial charge in [0.1, 0.15) is 0 Å². The van der Waals surface area contributed by atoms with E-state index in [1.807, 2.05) is 6.92 Å². The van der Waals surface area contributed by atoms with Crippen LogP contribution in [0, 0.1) is 5.92 Å². The van der Waals surface area contributed by atoms with E-state index in [1.165, 1.54) is 122 Å². The predicted octanol–water partition coefficient (Wildman–Crippen LogP) is 9.89. The van der Waals surface area contributed by atoms with Crippen LogP contribution in [0.15, 0.2) is 12.2 Å². The number of esters is 1. The molecular weight excluding hydrogens is 430 g/mol. The molecule has 0 saturated carbocycles. The third kappa shape index (κ3) is 27.6. The summed E-state index contributed by atoms with van der Waals surface area (Å²) in [6.45, 7) is 5.92. The van der Waals surface area contributed by atoms with Gasteiger partial charge in [0.2, 0.25) is 0 Å². The fourth-order valence-corrected chi connectivity index (χ4v) is 4.84. The lowest BCUT2D eigenvalue weighted by Crippen LogP contribution is -2.17. The molecule has 0 aliphatic heterocycles.